The molecular weight excluding hydrogens is 296 g/mol. The van der Waals surface area contributed by atoms with Gasteiger partial charge >= 0.3 is 0 Å². The number of likely N-dealkylation sites (N-methyl/N-ethyl adjacent to an activating group) is 1. The maximum Gasteiger partial charge on any atom is 0.234 e. The third-order valence-corrected chi connectivity index (χ3v) is 7.08. The standard InChI is InChI=1S/C21H25N2O/c1-6-19(4)12-11-14(13(2)3)17-20(21(17,19)22-5)15-9-7-8-10-16(15)23-18(20)24/h6-10,14,17H,1-2,11-12H2,3-5H3,(H,23,24)/q-1/t14-,17+,19+,20+,21+/m0/s1. The van der Waals surface area contributed by atoms with Crippen molar-refractivity contribution in [2.24, 2.45) is 17.3 Å². The number of rotatable bonds is 3. The summed E-state index contributed by atoms with van der Waals surface area (Å²) >= 11 is 0. The average molecular weight is 321 g/mol. The average Bonchev–Trinajstić information content (AvgIpc) is 3.11. The molecule has 1 aromatic carbocycles. The molecule has 24 heavy (non-hydrogen) atoms. The first-order valence-electron chi connectivity index (χ1n) is 8.71. The van der Waals surface area contributed by atoms with E-state index in [4.69, 9.17) is 5.32 Å². The Hall–Kier alpha value is -1.87. The highest BCUT2D eigenvalue weighted by Gasteiger charge is 2.83. The first-order valence-corrected chi connectivity index (χ1v) is 8.71. The van der Waals surface area contributed by atoms with Gasteiger partial charge in [0.05, 0.1) is 5.41 Å². The second-order valence-corrected chi connectivity index (χ2v) is 7.89. The summed E-state index contributed by atoms with van der Waals surface area (Å²) in [5.41, 5.74) is 2.00. The van der Waals surface area contributed by atoms with Crippen molar-refractivity contribution in [1.29, 1.82) is 0 Å². The number of nitrogens with one attached hydrogen (secondary N) is 1. The smallest absolute Gasteiger partial charge is 0.234 e. The first kappa shape index (κ1) is 15.6. The number of hydrogen-bond acceptors (Lipinski definition) is 1. The number of carbonyl (C=O) groups excluding carboxylic acids is 1. The van der Waals surface area contributed by atoms with E-state index in [9.17, 15) is 4.79 Å². The molecule has 2 aliphatic carbocycles. The minimum absolute atomic E-state index is 0.0977. The summed E-state index contributed by atoms with van der Waals surface area (Å²) < 4.78 is 0. The van der Waals surface area contributed by atoms with Crippen LogP contribution in [0.2, 0.25) is 0 Å². The van der Waals surface area contributed by atoms with Crippen LogP contribution in [0.1, 0.15) is 32.3 Å². The fraction of sp³-hybridized carbons (Fsp3) is 0.476. The zero-order chi connectivity index (χ0) is 17.3. The number of benzene rings is 1. The van der Waals surface area contributed by atoms with Crippen LogP contribution in [-0.4, -0.2) is 18.5 Å². The van der Waals surface area contributed by atoms with E-state index in [1.807, 2.05) is 31.3 Å². The molecule has 0 bridgehead atoms. The van der Waals surface area contributed by atoms with Crippen LogP contribution < -0.4 is 5.32 Å². The van der Waals surface area contributed by atoms with Crippen LogP contribution in [0.5, 0.6) is 0 Å². The van der Waals surface area contributed by atoms with Gasteiger partial charge in [0.25, 0.3) is 0 Å². The lowest BCUT2D eigenvalue weighted by Crippen LogP contribution is -2.43. The SMILES string of the molecule is C=C[C@]1(C)CC[C@@H](C(=C)C)[C@H]2[C@]1([N-]C)[C@@]21C(=O)Nc2ccccc21. The fourth-order valence-electron chi connectivity index (χ4n) is 6.02. The van der Waals surface area contributed by atoms with Crippen molar-refractivity contribution in [3.05, 3.63) is 60.0 Å². The number of carbonyl (C=O) groups is 1. The van der Waals surface area contributed by atoms with Crippen LogP contribution in [0.25, 0.3) is 5.32 Å². The van der Waals surface area contributed by atoms with Gasteiger partial charge in [-0.3, -0.25) is 4.79 Å². The minimum atomic E-state index is -0.582. The van der Waals surface area contributed by atoms with Crippen LogP contribution in [0.3, 0.4) is 0 Å². The van der Waals surface area contributed by atoms with Gasteiger partial charge in [0.1, 0.15) is 0 Å². The molecule has 0 aromatic heterocycles. The summed E-state index contributed by atoms with van der Waals surface area (Å²) in [6, 6.07) is 8.09. The Morgan fingerprint density at radius 1 is 1.42 bits per heavy atom. The Bertz CT molecular complexity index is 769. The van der Waals surface area contributed by atoms with E-state index >= 15 is 0 Å². The molecule has 4 rings (SSSR count). The Kier molecular flexibility index (Phi) is 3.00. The normalized spacial score (nSPS) is 42.2. The van der Waals surface area contributed by atoms with Gasteiger partial charge in [-0.05, 0) is 48.6 Å². The summed E-state index contributed by atoms with van der Waals surface area (Å²) in [7, 11) is 1.87. The number of fused-ring (bicyclic) bond motifs is 5. The molecule has 3 nitrogen and oxygen atoms in total. The van der Waals surface area contributed by atoms with Gasteiger partial charge in [0.15, 0.2) is 0 Å². The predicted molar refractivity (Wildman–Crippen MR) is 98.1 cm³/mol. The Balaban J connectivity index is 2.01. The zero-order valence-electron chi connectivity index (χ0n) is 14.7. The molecule has 1 aliphatic heterocycles. The maximum absolute atomic E-state index is 13.3. The van der Waals surface area contributed by atoms with E-state index in [1.165, 1.54) is 0 Å². The van der Waals surface area contributed by atoms with E-state index in [0.29, 0.717) is 5.92 Å². The number of allylic oxidation sites excluding steroid dienone is 1. The molecule has 1 N–H and O–H groups in total. The van der Waals surface area contributed by atoms with Crippen molar-refractivity contribution in [3.63, 3.8) is 0 Å². The third kappa shape index (κ3) is 1.38. The third-order valence-electron chi connectivity index (χ3n) is 7.08. The van der Waals surface area contributed by atoms with Crippen LogP contribution in [-0.2, 0) is 10.2 Å². The van der Waals surface area contributed by atoms with Crippen molar-refractivity contribution in [2.45, 2.75) is 37.6 Å². The second-order valence-electron chi connectivity index (χ2n) is 7.89. The van der Waals surface area contributed by atoms with Crippen molar-refractivity contribution >= 4 is 11.6 Å². The summed E-state index contributed by atoms with van der Waals surface area (Å²) in [5.74, 6) is 0.576. The van der Waals surface area contributed by atoms with Gasteiger partial charge < -0.3 is 10.6 Å². The lowest BCUT2D eigenvalue weighted by Gasteiger charge is -2.51. The maximum atomic E-state index is 13.3. The summed E-state index contributed by atoms with van der Waals surface area (Å²) in [6.45, 7) is 12.7. The number of nitrogens with zero attached hydrogens (tertiary/aromatic N) is 1. The van der Waals surface area contributed by atoms with Gasteiger partial charge in [-0.2, -0.15) is 7.05 Å². The lowest BCUT2D eigenvalue weighted by atomic mass is 9.66. The molecule has 3 heteroatoms. The molecule has 1 heterocycles. The van der Waals surface area contributed by atoms with E-state index in [1.54, 1.807) is 0 Å². The summed E-state index contributed by atoms with van der Waals surface area (Å²) in [4.78, 5) is 13.3. The van der Waals surface area contributed by atoms with Gasteiger partial charge in [-0.1, -0.05) is 48.9 Å². The lowest BCUT2D eigenvalue weighted by molar-refractivity contribution is -0.118. The van der Waals surface area contributed by atoms with Crippen molar-refractivity contribution in [1.82, 2.24) is 0 Å². The number of para-hydroxylation sites is 1. The second kappa shape index (κ2) is 4.60. The quantitative estimate of drug-likeness (QED) is 0.822. The van der Waals surface area contributed by atoms with Gasteiger partial charge in [0, 0.05) is 5.69 Å². The van der Waals surface area contributed by atoms with Crippen LogP contribution >= 0.6 is 0 Å². The summed E-state index contributed by atoms with van der Waals surface area (Å²) in [6.07, 6.45) is 4.06. The zero-order valence-corrected chi connectivity index (χ0v) is 14.7. The van der Waals surface area contributed by atoms with Crippen molar-refractivity contribution in [3.8, 4) is 0 Å². The number of hydrogen-bond donors (Lipinski definition) is 1. The molecule has 2 saturated carbocycles. The molecular formula is C21H25N2O-. The van der Waals surface area contributed by atoms with Gasteiger partial charge in [-0.15, -0.1) is 6.58 Å². The van der Waals surface area contributed by atoms with E-state index in [0.717, 1.165) is 29.7 Å². The molecule has 3 aliphatic rings. The molecule has 2 fully saturated rings. The van der Waals surface area contributed by atoms with Crippen molar-refractivity contribution < 1.29 is 4.79 Å². The molecule has 0 radical (unpaired) electrons. The van der Waals surface area contributed by atoms with Gasteiger partial charge in [-0.25, -0.2) is 0 Å². The molecule has 1 amide bonds. The van der Waals surface area contributed by atoms with E-state index in [2.05, 4.69) is 38.4 Å². The van der Waals surface area contributed by atoms with Crippen LogP contribution in [0, 0.1) is 17.3 Å². The highest BCUT2D eigenvalue weighted by Crippen LogP contribution is 2.81. The molecule has 126 valence electrons. The topological polar surface area (TPSA) is 43.2 Å². The predicted octanol–water partition coefficient (Wildman–Crippen LogP) is 4.43. The molecule has 0 unspecified atom stereocenters. The van der Waals surface area contributed by atoms with E-state index in [-0.39, 0.29) is 17.2 Å². The van der Waals surface area contributed by atoms with Crippen LogP contribution in [0.4, 0.5) is 5.69 Å². The van der Waals surface area contributed by atoms with E-state index < -0.39 is 11.0 Å². The number of anilines is 1. The molecule has 1 aromatic rings. The highest BCUT2D eigenvalue weighted by atomic mass is 16.2. The minimum Gasteiger partial charge on any atom is -0.657 e. The van der Waals surface area contributed by atoms with Gasteiger partial charge in [0.2, 0.25) is 5.91 Å². The largest absolute Gasteiger partial charge is 0.657 e. The summed E-state index contributed by atoms with van der Waals surface area (Å²) in [5, 5.41) is 8.05. The fourth-order valence-corrected chi connectivity index (χ4v) is 6.02. The molecule has 5 atom stereocenters. The molecule has 1 spiro atoms. The monoisotopic (exact) mass is 321 g/mol. The Morgan fingerprint density at radius 2 is 2.12 bits per heavy atom. The van der Waals surface area contributed by atoms with Crippen LogP contribution in [0.15, 0.2) is 49.1 Å². The Labute approximate surface area is 144 Å². The van der Waals surface area contributed by atoms with Crippen molar-refractivity contribution in [2.75, 3.05) is 12.4 Å². The molecule has 0 saturated heterocycles. The first-order chi connectivity index (χ1) is 11.4. The highest BCUT2D eigenvalue weighted by molar-refractivity contribution is 6.12. The number of amides is 1. The Morgan fingerprint density at radius 3 is 2.75 bits per heavy atom.